The van der Waals surface area contributed by atoms with Gasteiger partial charge in [0.1, 0.15) is 0 Å². The van der Waals surface area contributed by atoms with Gasteiger partial charge in [0.2, 0.25) is 11.8 Å². The number of fused-ring (bicyclic) bond motifs is 1. The molecular formula is C14H12INO2. The molecule has 1 saturated heterocycles. The molecule has 3 rings (SSSR count). The van der Waals surface area contributed by atoms with Crippen molar-refractivity contribution in [2.24, 2.45) is 11.8 Å². The number of allylic oxidation sites excluding steroid dienone is 2. The molecule has 1 aromatic rings. The van der Waals surface area contributed by atoms with E-state index >= 15 is 0 Å². The lowest BCUT2D eigenvalue weighted by atomic mass is 9.85. The zero-order valence-corrected chi connectivity index (χ0v) is 11.8. The molecular weight excluding hydrogens is 341 g/mol. The van der Waals surface area contributed by atoms with Crippen molar-refractivity contribution in [3.8, 4) is 0 Å². The Morgan fingerprint density at radius 3 is 2.11 bits per heavy atom. The molecule has 0 radical (unpaired) electrons. The molecule has 0 bridgehead atoms. The van der Waals surface area contributed by atoms with E-state index in [4.69, 9.17) is 0 Å². The number of benzene rings is 1. The summed E-state index contributed by atoms with van der Waals surface area (Å²) in [5.41, 5.74) is 0.725. The quantitative estimate of drug-likeness (QED) is 0.442. The van der Waals surface area contributed by atoms with Crippen LogP contribution >= 0.6 is 22.6 Å². The van der Waals surface area contributed by atoms with Crippen LogP contribution in [-0.2, 0) is 9.59 Å². The lowest BCUT2D eigenvalue weighted by Crippen LogP contribution is -2.31. The number of nitrogens with zero attached hydrogens (tertiary/aromatic N) is 1. The summed E-state index contributed by atoms with van der Waals surface area (Å²) in [5, 5.41) is 0. The molecule has 3 nitrogen and oxygen atoms in total. The fourth-order valence-electron chi connectivity index (χ4n) is 2.67. The Kier molecular flexibility index (Phi) is 2.97. The maximum absolute atomic E-state index is 12.4. The zero-order chi connectivity index (χ0) is 12.7. The van der Waals surface area contributed by atoms with Gasteiger partial charge >= 0.3 is 0 Å². The van der Waals surface area contributed by atoms with Crippen LogP contribution in [0.3, 0.4) is 0 Å². The topological polar surface area (TPSA) is 37.4 Å². The Morgan fingerprint density at radius 1 is 1.00 bits per heavy atom. The van der Waals surface area contributed by atoms with Crippen LogP contribution in [0.1, 0.15) is 12.8 Å². The van der Waals surface area contributed by atoms with Crippen LogP contribution in [0.25, 0.3) is 0 Å². The second-order valence-electron chi connectivity index (χ2n) is 4.62. The number of imide groups is 1. The van der Waals surface area contributed by atoms with Crippen LogP contribution < -0.4 is 4.90 Å². The molecule has 18 heavy (non-hydrogen) atoms. The third kappa shape index (κ3) is 1.70. The van der Waals surface area contributed by atoms with Gasteiger partial charge in [-0.3, -0.25) is 9.59 Å². The molecule has 2 aliphatic rings. The molecule has 4 heteroatoms. The number of carbonyl (C=O) groups excluding carboxylic acids is 2. The van der Waals surface area contributed by atoms with Crippen LogP contribution in [0, 0.1) is 15.4 Å². The van der Waals surface area contributed by atoms with Crippen molar-refractivity contribution < 1.29 is 9.59 Å². The summed E-state index contributed by atoms with van der Waals surface area (Å²) in [5.74, 6) is -0.394. The van der Waals surface area contributed by atoms with E-state index in [-0.39, 0.29) is 23.7 Å². The van der Waals surface area contributed by atoms with Gasteiger partial charge in [-0.15, -0.1) is 0 Å². The molecule has 92 valence electrons. The third-order valence-electron chi connectivity index (χ3n) is 3.60. The Morgan fingerprint density at radius 2 is 1.56 bits per heavy atom. The van der Waals surface area contributed by atoms with E-state index in [0.717, 1.165) is 9.26 Å². The average Bonchev–Trinajstić information content (AvgIpc) is 2.64. The second-order valence-corrected chi connectivity index (χ2v) is 5.78. The molecule has 0 aromatic heterocycles. The molecule has 0 spiro atoms. The van der Waals surface area contributed by atoms with Crippen molar-refractivity contribution >= 4 is 40.1 Å². The van der Waals surface area contributed by atoms with Crippen molar-refractivity contribution in [2.45, 2.75) is 12.8 Å². The first kappa shape index (κ1) is 11.9. The highest BCUT2D eigenvalue weighted by molar-refractivity contribution is 14.1. The maximum Gasteiger partial charge on any atom is 0.238 e. The number of hydrogen-bond acceptors (Lipinski definition) is 2. The summed E-state index contributed by atoms with van der Waals surface area (Å²) in [7, 11) is 0. The van der Waals surface area contributed by atoms with Gasteiger partial charge in [0, 0.05) is 3.57 Å². The van der Waals surface area contributed by atoms with E-state index in [0.29, 0.717) is 12.8 Å². The Bertz CT molecular complexity index is 526. The van der Waals surface area contributed by atoms with Gasteiger partial charge in [-0.2, -0.15) is 0 Å². The van der Waals surface area contributed by atoms with E-state index in [1.54, 1.807) is 0 Å². The number of halogens is 1. The van der Waals surface area contributed by atoms with E-state index in [1.165, 1.54) is 4.90 Å². The first-order valence-corrected chi connectivity index (χ1v) is 7.05. The molecule has 0 N–H and O–H groups in total. The van der Waals surface area contributed by atoms with Gasteiger partial charge in [0.05, 0.1) is 17.5 Å². The fraction of sp³-hybridized carbons (Fsp3) is 0.286. The Labute approximate surface area is 119 Å². The molecule has 1 aliphatic carbocycles. The van der Waals surface area contributed by atoms with Crippen molar-refractivity contribution in [3.63, 3.8) is 0 Å². The molecule has 1 fully saturated rings. The van der Waals surface area contributed by atoms with Gasteiger partial charge in [0.25, 0.3) is 0 Å². The van der Waals surface area contributed by atoms with Gasteiger partial charge in [-0.25, -0.2) is 4.90 Å². The van der Waals surface area contributed by atoms with Crippen molar-refractivity contribution in [1.82, 2.24) is 0 Å². The first-order valence-electron chi connectivity index (χ1n) is 5.97. The van der Waals surface area contributed by atoms with Crippen LogP contribution in [0.4, 0.5) is 5.69 Å². The molecule has 1 heterocycles. The van der Waals surface area contributed by atoms with E-state index in [9.17, 15) is 9.59 Å². The minimum absolute atomic E-state index is 0.0431. The normalized spacial score (nSPS) is 26.6. The lowest BCUT2D eigenvalue weighted by Gasteiger charge is -2.16. The van der Waals surface area contributed by atoms with Gasteiger partial charge < -0.3 is 0 Å². The summed E-state index contributed by atoms with van der Waals surface area (Å²) in [4.78, 5) is 26.1. The zero-order valence-electron chi connectivity index (χ0n) is 9.67. The maximum atomic E-state index is 12.4. The highest BCUT2D eigenvalue weighted by Crippen LogP contribution is 2.38. The predicted molar refractivity (Wildman–Crippen MR) is 77.0 cm³/mol. The lowest BCUT2D eigenvalue weighted by molar-refractivity contribution is -0.122. The number of para-hydroxylation sites is 1. The summed E-state index contributed by atoms with van der Waals surface area (Å²) in [6.45, 7) is 0. The van der Waals surface area contributed by atoms with Gasteiger partial charge in [0.15, 0.2) is 0 Å². The van der Waals surface area contributed by atoms with Crippen molar-refractivity contribution in [1.29, 1.82) is 0 Å². The van der Waals surface area contributed by atoms with Crippen LogP contribution in [0.15, 0.2) is 36.4 Å². The molecule has 0 unspecified atom stereocenters. The molecule has 0 saturated carbocycles. The van der Waals surface area contributed by atoms with Crippen molar-refractivity contribution in [2.75, 3.05) is 4.90 Å². The molecule has 2 amide bonds. The molecule has 1 aromatic carbocycles. The highest BCUT2D eigenvalue weighted by atomic mass is 127. The Hall–Kier alpha value is -1.17. The van der Waals surface area contributed by atoms with Gasteiger partial charge in [-0.1, -0.05) is 24.3 Å². The highest BCUT2D eigenvalue weighted by Gasteiger charge is 2.48. The van der Waals surface area contributed by atoms with E-state index < -0.39 is 0 Å². The van der Waals surface area contributed by atoms with E-state index in [2.05, 4.69) is 22.6 Å². The van der Waals surface area contributed by atoms with Crippen LogP contribution in [0.5, 0.6) is 0 Å². The number of hydrogen-bond donors (Lipinski definition) is 0. The number of anilines is 1. The number of carbonyl (C=O) groups is 2. The largest absolute Gasteiger partial charge is 0.274 e. The first-order chi connectivity index (χ1) is 8.70. The minimum Gasteiger partial charge on any atom is -0.274 e. The second kappa shape index (κ2) is 4.50. The average molecular weight is 353 g/mol. The smallest absolute Gasteiger partial charge is 0.238 e. The Balaban J connectivity index is 2.02. The predicted octanol–water partition coefficient (Wildman–Crippen LogP) is 2.75. The summed E-state index contributed by atoms with van der Waals surface area (Å²) in [6.07, 6.45) is 5.39. The SMILES string of the molecule is O=C1[C@H]2CC=CC[C@H]2C(=O)N1c1ccccc1I. The van der Waals surface area contributed by atoms with Crippen molar-refractivity contribution in [3.05, 3.63) is 40.0 Å². The van der Waals surface area contributed by atoms with Crippen LogP contribution in [-0.4, -0.2) is 11.8 Å². The molecule has 1 aliphatic heterocycles. The summed E-state index contributed by atoms with van der Waals surface area (Å²) >= 11 is 2.16. The standard InChI is InChI=1S/C14H12INO2/c15-11-7-3-4-8-12(11)16-13(17)9-5-1-2-6-10(9)14(16)18/h1-4,7-10H,5-6H2/t9-,10+. The van der Waals surface area contributed by atoms with Gasteiger partial charge in [-0.05, 0) is 47.6 Å². The van der Waals surface area contributed by atoms with E-state index in [1.807, 2.05) is 36.4 Å². The monoisotopic (exact) mass is 353 g/mol. The summed E-state index contributed by atoms with van der Waals surface area (Å²) in [6, 6.07) is 7.52. The number of amides is 2. The number of rotatable bonds is 1. The summed E-state index contributed by atoms with van der Waals surface area (Å²) < 4.78 is 0.934. The van der Waals surface area contributed by atoms with Crippen LogP contribution in [0.2, 0.25) is 0 Å². The third-order valence-corrected chi connectivity index (χ3v) is 4.51. The molecule has 2 atom stereocenters. The fourth-order valence-corrected chi connectivity index (χ4v) is 3.30. The minimum atomic E-state index is -0.154.